The maximum atomic E-state index is 10.1. The van der Waals surface area contributed by atoms with Crippen LogP contribution in [0.4, 0.5) is 0 Å². The van der Waals surface area contributed by atoms with Gasteiger partial charge in [-0.2, -0.15) is 0 Å². The van der Waals surface area contributed by atoms with Crippen molar-refractivity contribution in [2.45, 2.75) is 258 Å². The van der Waals surface area contributed by atoms with E-state index in [1.165, 1.54) is 218 Å². The van der Waals surface area contributed by atoms with Gasteiger partial charge >= 0.3 is 17.1 Å². The van der Waals surface area contributed by atoms with Gasteiger partial charge in [0.2, 0.25) is 0 Å². The van der Waals surface area contributed by atoms with E-state index in [4.69, 9.17) is 0 Å². The third kappa shape index (κ3) is 61.1. The number of carboxylic acids is 2. The Bertz CT molecular complexity index is 982. The maximum absolute atomic E-state index is 10.1. The summed E-state index contributed by atoms with van der Waals surface area (Å²) in [6.07, 6.45) is 51.1. The molecule has 0 saturated carbocycles. The van der Waals surface area contributed by atoms with E-state index in [0.29, 0.717) is 0 Å². The molecule has 0 aliphatic carbocycles. The van der Waals surface area contributed by atoms with Gasteiger partial charge in [0.25, 0.3) is 0 Å². The van der Waals surface area contributed by atoms with Crippen LogP contribution < -0.4 is 10.2 Å². The Morgan fingerprint density at radius 2 is 0.491 bits per heavy atom. The number of aliphatic carboxylic acids is 2. The van der Waals surface area contributed by atoms with Gasteiger partial charge in [-0.3, -0.25) is 0 Å². The molecule has 0 saturated heterocycles. The quantitative estimate of drug-likeness (QED) is 0.0359. The molecule has 0 aromatic heterocycles. The molecule has 0 N–H and O–H groups in total. The van der Waals surface area contributed by atoms with Crippen molar-refractivity contribution >= 4 is 11.9 Å². The molecule has 0 fully saturated rings. The average Bonchev–Trinajstić information content (AvgIpc) is 3.15. The van der Waals surface area contributed by atoms with Crippen molar-refractivity contribution in [3.63, 3.8) is 0 Å². The van der Waals surface area contributed by atoms with Crippen molar-refractivity contribution in [1.82, 2.24) is 0 Å². The van der Waals surface area contributed by atoms with Gasteiger partial charge in [0.05, 0.1) is 0 Å². The first-order valence-electron chi connectivity index (χ1n) is 22.9. The second-order valence-electron chi connectivity index (χ2n) is 15.2. The van der Waals surface area contributed by atoms with Crippen molar-refractivity contribution in [3.05, 3.63) is 0 Å². The predicted molar refractivity (Wildman–Crippen MR) is 228 cm³/mol. The van der Waals surface area contributed by atoms with Crippen LogP contribution in [0.5, 0.6) is 0 Å². The molecule has 317 valence electrons. The number of carboxylic acid groups (broad SMARTS) is 2. The summed E-state index contributed by atoms with van der Waals surface area (Å²) >= 11 is 0. The molecule has 0 aromatic rings. The Hall–Kier alpha value is -2.30. The summed E-state index contributed by atoms with van der Waals surface area (Å²) in [5, 5.41) is 20.1. The van der Waals surface area contributed by atoms with E-state index < -0.39 is 11.9 Å². The Kier molecular flexibility index (Phi) is 55.8. The zero-order valence-corrected chi connectivity index (χ0v) is 36.7. The fourth-order valence-corrected chi connectivity index (χ4v) is 6.61. The zero-order valence-electron chi connectivity index (χ0n) is 35.8. The molecule has 0 aliphatic heterocycles. The maximum Gasteiger partial charge on any atom is 2.00 e. The predicted octanol–water partition coefficient (Wildman–Crippen LogP) is 12.3. The average molecular weight is 811 g/mol. The van der Waals surface area contributed by atoms with Crippen molar-refractivity contribution in [2.75, 3.05) is 0 Å². The first-order valence-corrected chi connectivity index (χ1v) is 22.9. The van der Waals surface area contributed by atoms with E-state index in [1.54, 1.807) is 0 Å². The van der Waals surface area contributed by atoms with Crippen LogP contribution in [0.15, 0.2) is 0 Å². The smallest absolute Gasteiger partial charge is 0.537 e. The summed E-state index contributed by atoms with van der Waals surface area (Å²) in [4.78, 5) is 20.1. The summed E-state index contributed by atoms with van der Waals surface area (Å²) < 4.78 is 0. The van der Waals surface area contributed by atoms with Crippen LogP contribution in [0.1, 0.15) is 258 Å². The second-order valence-corrected chi connectivity index (χ2v) is 15.2. The second kappa shape index (κ2) is 53.8. The summed E-state index contributed by atoms with van der Waals surface area (Å²) in [5.74, 6) is 16.4. The summed E-state index contributed by atoms with van der Waals surface area (Å²) in [6.45, 7) is 4.56. The van der Waals surface area contributed by atoms with Crippen LogP contribution in [0.3, 0.4) is 0 Å². The fourth-order valence-electron chi connectivity index (χ4n) is 6.61. The van der Waals surface area contributed by atoms with Gasteiger partial charge in [0.1, 0.15) is 11.9 Å². The molecule has 0 bridgehead atoms. The minimum atomic E-state index is -1.36. The van der Waals surface area contributed by atoms with E-state index in [0.717, 1.165) is 25.7 Å². The standard InChI is InChI=1S/2C25H42O2.Cu/c2*1-2-3-4-5-6-7-8-9-10-11-12-13-14-15-16-17-18-19-20-21-22-23-24-25(26)27;/h2*2-20H2,1H3,(H,26,27);/q;;+2/p-2. The molecular weight excluding hydrogens is 728 g/mol. The molecule has 0 spiro atoms. The van der Waals surface area contributed by atoms with E-state index >= 15 is 0 Å². The van der Waals surface area contributed by atoms with Gasteiger partial charge in [-0.1, -0.05) is 244 Å². The minimum Gasteiger partial charge on any atom is -0.537 e. The molecule has 4 nitrogen and oxygen atoms in total. The topological polar surface area (TPSA) is 80.3 Å². The number of unbranched alkanes of at least 4 members (excludes halogenated alkanes) is 36. The largest absolute Gasteiger partial charge is 2.00 e. The van der Waals surface area contributed by atoms with Gasteiger partial charge in [-0.15, -0.1) is 0 Å². The number of hydrogen-bond acceptors (Lipinski definition) is 4. The monoisotopic (exact) mass is 810 g/mol. The molecule has 5 heteroatoms. The molecule has 55 heavy (non-hydrogen) atoms. The fraction of sp³-hybridized carbons (Fsp3) is 0.800. The number of rotatable bonds is 36. The molecule has 0 heterocycles. The van der Waals surface area contributed by atoms with Crippen molar-refractivity contribution in [3.8, 4) is 47.4 Å². The summed E-state index contributed by atoms with van der Waals surface area (Å²) in [5.41, 5.74) is 0. The SMILES string of the molecule is CCCCCCCCCCCCCCCCCCCCC#CC#CC(=O)[O-].CCCCCCCCCCCCCCCCCCCCC#CC#CC(=O)[O-].[Cu+2]. The van der Waals surface area contributed by atoms with E-state index in [1.807, 2.05) is 11.8 Å². The van der Waals surface area contributed by atoms with Crippen LogP contribution in [-0.2, 0) is 26.7 Å². The Morgan fingerprint density at radius 1 is 0.309 bits per heavy atom. The van der Waals surface area contributed by atoms with Crippen LogP contribution in [0, 0.1) is 47.4 Å². The first kappa shape index (κ1) is 57.0. The molecule has 0 aromatic carbocycles. The Morgan fingerprint density at radius 3 is 0.673 bits per heavy atom. The molecule has 0 amide bonds. The molecule has 0 aliphatic rings. The molecule has 1 radical (unpaired) electrons. The van der Waals surface area contributed by atoms with Crippen LogP contribution in [-0.4, -0.2) is 11.9 Å². The molecule has 0 atom stereocenters. The number of hydrogen-bond donors (Lipinski definition) is 0. The van der Waals surface area contributed by atoms with Gasteiger partial charge < -0.3 is 19.8 Å². The van der Waals surface area contributed by atoms with Crippen molar-refractivity contribution < 1.29 is 36.9 Å². The van der Waals surface area contributed by atoms with E-state index in [9.17, 15) is 19.8 Å². The van der Waals surface area contributed by atoms with Gasteiger partial charge in [-0.05, 0) is 48.4 Å². The van der Waals surface area contributed by atoms with Crippen LogP contribution in [0.25, 0.3) is 0 Å². The van der Waals surface area contributed by atoms with Gasteiger partial charge in [0.15, 0.2) is 0 Å². The van der Waals surface area contributed by atoms with Gasteiger partial charge in [-0.25, -0.2) is 0 Å². The first-order chi connectivity index (χ1) is 26.5. The zero-order chi connectivity index (χ0) is 39.7. The van der Waals surface area contributed by atoms with Crippen LogP contribution >= 0.6 is 0 Å². The minimum absolute atomic E-state index is 0. The number of carbonyl (C=O) groups is 2. The molecule has 0 rings (SSSR count). The number of carbonyl (C=O) groups excluding carboxylic acids is 2. The van der Waals surface area contributed by atoms with Crippen molar-refractivity contribution in [2.24, 2.45) is 0 Å². The molecular formula is C50H82CuO4. The Balaban J connectivity index is -0.000000966. The third-order valence-corrected chi connectivity index (χ3v) is 9.94. The van der Waals surface area contributed by atoms with E-state index in [-0.39, 0.29) is 17.1 Å². The summed E-state index contributed by atoms with van der Waals surface area (Å²) in [6, 6.07) is 0. The van der Waals surface area contributed by atoms with Crippen molar-refractivity contribution in [1.29, 1.82) is 0 Å². The van der Waals surface area contributed by atoms with Gasteiger partial charge in [0, 0.05) is 12.8 Å². The van der Waals surface area contributed by atoms with E-state index in [2.05, 4.69) is 49.4 Å². The summed E-state index contributed by atoms with van der Waals surface area (Å²) in [7, 11) is 0. The normalized spacial score (nSPS) is 9.78. The van der Waals surface area contributed by atoms with Crippen LogP contribution in [0.2, 0.25) is 0 Å². The Labute approximate surface area is 352 Å². The molecule has 0 unspecified atom stereocenters. The third-order valence-electron chi connectivity index (χ3n) is 9.94.